The van der Waals surface area contributed by atoms with Crippen molar-refractivity contribution in [2.24, 2.45) is 0 Å². The minimum absolute atomic E-state index is 0.0761. The van der Waals surface area contributed by atoms with Crippen molar-refractivity contribution >= 4 is 21.7 Å². The lowest BCUT2D eigenvalue weighted by Crippen LogP contribution is -1.88. The van der Waals surface area contributed by atoms with Crippen molar-refractivity contribution in [2.75, 3.05) is 5.73 Å². The fraction of sp³-hybridized carbons (Fsp3) is 0. The SMILES string of the molecule is [2H]c1c(N)nc(O)c([2H])c1Br. The molecule has 48 valence electrons. The van der Waals surface area contributed by atoms with Gasteiger partial charge in [-0.05, 0) is 6.04 Å². The first-order valence-electron chi connectivity index (χ1n) is 3.15. The topological polar surface area (TPSA) is 59.1 Å². The molecule has 0 saturated heterocycles. The van der Waals surface area contributed by atoms with Crippen LogP contribution < -0.4 is 5.73 Å². The molecule has 9 heavy (non-hydrogen) atoms. The van der Waals surface area contributed by atoms with E-state index in [0.717, 1.165) is 0 Å². The Morgan fingerprint density at radius 3 is 3.11 bits per heavy atom. The molecule has 0 radical (unpaired) electrons. The second-order valence-corrected chi connectivity index (χ2v) is 2.18. The monoisotopic (exact) mass is 190 g/mol. The Balaban J connectivity index is 3.46. The number of nitrogens with zero attached hydrogens (tertiary/aromatic N) is 1. The van der Waals surface area contributed by atoms with E-state index in [9.17, 15) is 0 Å². The quantitative estimate of drug-likeness (QED) is 0.646. The van der Waals surface area contributed by atoms with Crippen molar-refractivity contribution in [3.8, 4) is 5.88 Å². The maximum atomic E-state index is 8.91. The number of hydrogen-bond acceptors (Lipinski definition) is 3. The van der Waals surface area contributed by atoms with Gasteiger partial charge in [0, 0.05) is 10.5 Å². The standard InChI is InChI=1S/C5H5BrN2O/c6-3-1-4(7)8-5(9)2-3/h1-2H,(H3,7,8,9)/i1D,2D. The highest BCUT2D eigenvalue weighted by molar-refractivity contribution is 9.10. The van der Waals surface area contributed by atoms with E-state index in [0.29, 0.717) is 0 Å². The number of hydrogen-bond donors (Lipinski definition) is 2. The summed E-state index contributed by atoms with van der Waals surface area (Å²) < 4.78 is 14.5. The van der Waals surface area contributed by atoms with Gasteiger partial charge in [0.2, 0.25) is 5.88 Å². The maximum Gasteiger partial charge on any atom is 0.213 e. The summed E-state index contributed by atoms with van der Waals surface area (Å²) in [6.07, 6.45) is 0. The number of aromatic hydroxyl groups is 1. The molecule has 0 fully saturated rings. The zero-order valence-electron chi connectivity index (χ0n) is 6.35. The molecule has 1 heterocycles. The molecule has 0 bridgehead atoms. The van der Waals surface area contributed by atoms with Gasteiger partial charge in [0.25, 0.3) is 0 Å². The molecular weight excluding hydrogens is 184 g/mol. The summed E-state index contributed by atoms with van der Waals surface area (Å²) in [5, 5.41) is 8.91. The number of nitrogen functional groups attached to an aromatic ring is 1. The van der Waals surface area contributed by atoms with Crippen LogP contribution in [0.2, 0.25) is 0 Å². The molecule has 0 unspecified atom stereocenters. The second-order valence-electron chi connectivity index (χ2n) is 1.38. The Hall–Kier alpha value is -0.770. The highest BCUT2D eigenvalue weighted by Crippen LogP contribution is 2.16. The van der Waals surface area contributed by atoms with Crippen LogP contribution >= 0.6 is 15.9 Å². The lowest BCUT2D eigenvalue weighted by molar-refractivity contribution is 0.454. The van der Waals surface area contributed by atoms with Gasteiger partial charge >= 0.3 is 0 Å². The van der Waals surface area contributed by atoms with Crippen molar-refractivity contribution in [1.29, 1.82) is 0 Å². The summed E-state index contributed by atoms with van der Waals surface area (Å²) in [7, 11) is 0. The van der Waals surface area contributed by atoms with Gasteiger partial charge in [0.1, 0.15) is 5.82 Å². The van der Waals surface area contributed by atoms with E-state index in [2.05, 4.69) is 20.9 Å². The minimum Gasteiger partial charge on any atom is -0.493 e. The van der Waals surface area contributed by atoms with Crippen LogP contribution in [0.25, 0.3) is 0 Å². The van der Waals surface area contributed by atoms with Crippen LogP contribution in [0.1, 0.15) is 2.74 Å². The summed E-state index contributed by atoms with van der Waals surface area (Å²) >= 11 is 2.93. The summed E-state index contributed by atoms with van der Waals surface area (Å²) in [5.74, 6) is -0.559. The van der Waals surface area contributed by atoms with E-state index in [1.165, 1.54) is 0 Å². The number of aromatic nitrogens is 1. The Kier molecular flexibility index (Phi) is 1.02. The van der Waals surface area contributed by atoms with Crippen LogP contribution in [0.3, 0.4) is 0 Å². The van der Waals surface area contributed by atoms with Crippen LogP contribution in [0.5, 0.6) is 5.88 Å². The molecule has 0 saturated carbocycles. The molecule has 4 heteroatoms. The van der Waals surface area contributed by atoms with Gasteiger partial charge in [0.05, 0.1) is 2.74 Å². The lowest BCUT2D eigenvalue weighted by Gasteiger charge is -1.93. The van der Waals surface area contributed by atoms with Crippen molar-refractivity contribution < 1.29 is 7.85 Å². The third kappa shape index (κ3) is 1.57. The fourth-order valence-corrected chi connectivity index (χ4v) is 0.792. The van der Waals surface area contributed by atoms with E-state index >= 15 is 0 Å². The van der Waals surface area contributed by atoms with Crippen molar-refractivity contribution in [1.82, 2.24) is 4.98 Å². The smallest absolute Gasteiger partial charge is 0.213 e. The second kappa shape index (κ2) is 2.23. The highest BCUT2D eigenvalue weighted by Gasteiger charge is 1.93. The lowest BCUT2D eigenvalue weighted by atomic mass is 10.5. The van der Waals surface area contributed by atoms with E-state index in [-0.39, 0.29) is 22.4 Å². The van der Waals surface area contributed by atoms with Gasteiger partial charge in [0.15, 0.2) is 0 Å². The zero-order chi connectivity index (χ0) is 8.59. The molecule has 0 amide bonds. The largest absolute Gasteiger partial charge is 0.493 e. The first-order valence-corrected chi connectivity index (χ1v) is 2.94. The third-order valence-electron chi connectivity index (χ3n) is 0.686. The predicted octanol–water partition coefficient (Wildman–Crippen LogP) is 1.13. The predicted molar refractivity (Wildman–Crippen MR) is 38.0 cm³/mol. The number of anilines is 1. The highest BCUT2D eigenvalue weighted by atomic mass is 79.9. The van der Waals surface area contributed by atoms with E-state index in [1.54, 1.807) is 0 Å². The van der Waals surface area contributed by atoms with Gasteiger partial charge in [-0.25, -0.2) is 0 Å². The van der Waals surface area contributed by atoms with Crippen molar-refractivity contribution in [2.45, 2.75) is 0 Å². The normalized spacial score (nSPS) is 12.6. The molecule has 0 aromatic carbocycles. The van der Waals surface area contributed by atoms with E-state index in [1.807, 2.05) is 0 Å². The first kappa shape index (κ1) is 4.11. The average molecular weight is 191 g/mol. The van der Waals surface area contributed by atoms with Crippen molar-refractivity contribution in [3.63, 3.8) is 0 Å². The molecule has 1 aromatic heterocycles. The van der Waals surface area contributed by atoms with E-state index in [4.69, 9.17) is 13.6 Å². The average Bonchev–Trinajstić information content (AvgIpc) is 1.97. The molecule has 0 atom stereocenters. The molecule has 1 aromatic rings. The van der Waals surface area contributed by atoms with Crippen LogP contribution in [0.4, 0.5) is 5.82 Å². The molecule has 0 aliphatic heterocycles. The van der Waals surface area contributed by atoms with E-state index < -0.39 is 5.88 Å². The van der Waals surface area contributed by atoms with Crippen LogP contribution in [-0.2, 0) is 0 Å². The van der Waals surface area contributed by atoms with Gasteiger partial charge in [-0.1, -0.05) is 15.9 Å². The number of halogens is 1. The van der Waals surface area contributed by atoms with Crippen LogP contribution in [-0.4, -0.2) is 10.1 Å². The maximum absolute atomic E-state index is 8.91. The third-order valence-corrected chi connectivity index (χ3v) is 1.08. The Labute approximate surface area is 63.5 Å². The minimum atomic E-state index is -0.467. The molecule has 0 aliphatic carbocycles. The van der Waals surface area contributed by atoms with Crippen molar-refractivity contribution in [3.05, 3.63) is 16.6 Å². The van der Waals surface area contributed by atoms with Crippen LogP contribution in [0, 0.1) is 0 Å². The summed E-state index contributed by atoms with van der Waals surface area (Å²) in [5.41, 5.74) is 5.22. The summed E-state index contributed by atoms with van der Waals surface area (Å²) in [4.78, 5) is 3.36. The van der Waals surface area contributed by atoms with Gasteiger partial charge in [-0.2, -0.15) is 4.98 Å². The fourth-order valence-electron chi connectivity index (χ4n) is 0.412. The van der Waals surface area contributed by atoms with Gasteiger partial charge < -0.3 is 10.8 Å². The molecule has 0 spiro atoms. The Morgan fingerprint density at radius 2 is 2.44 bits per heavy atom. The number of rotatable bonds is 0. The molecule has 3 nitrogen and oxygen atoms in total. The van der Waals surface area contributed by atoms with Gasteiger partial charge in [-0.3, -0.25) is 0 Å². The number of nitrogens with two attached hydrogens (primary N) is 1. The van der Waals surface area contributed by atoms with Crippen LogP contribution in [0.15, 0.2) is 16.6 Å². The molecular formula is C5H5BrN2O. The first-order chi connectivity index (χ1) is 5.04. The summed E-state index contributed by atoms with van der Waals surface area (Å²) in [6.45, 7) is 0. The Bertz CT molecular complexity index is 279. The Morgan fingerprint density at radius 1 is 1.78 bits per heavy atom. The summed E-state index contributed by atoms with van der Waals surface area (Å²) in [6, 6.07) is -0.294. The zero-order valence-corrected chi connectivity index (χ0v) is 5.94. The van der Waals surface area contributed by atoms with Gasteiger partial charge in [-0.15, -0.1) is 0 Å². The molecule has 1 rings (SSSR count). The molecule has 3 N–H and O–H groups in total. The number of pyridine rings is 1. The molecule has 0 aliphatic rings.